The predicted octanol–water partition coefficient (Wildman–Crippen LogP) is 5.02. The van der Waals surface area contributed by atoms with Crippen molar-refractivity contribution in [2.24, 2.45) is 5.73 Å². The van der Waals surface area contributed by atoms with Crippen molar-refractivity contribution >= 4 is 39.2 Å². The first kappa shape index (κ1) is 19.6. The molecule has 0 amide bonds. The van der Waals surface area contributed by atoms with Crippen LogP contribution in [0.1, 0.15) is 35.2 Å². The summed E-state index contributed by atoms with van der Waals surface area (Å²) in [6.45, 7) is 0.576. The Balaban J connectivity index is 1.82. The molecule has 0 bridgehead atoms. The van der Waals surface area contributed by atoms with Gasteiger partial charge in [-0.1, -0.05) is 36.4 Å². The van der Waals surface area contributed by atoms with Crippen LogP contribution in [0.25, 0.3) is 33.3 Å². The van der Waals surface area contributed by atoms with Crippen LogP contribution < -0.4 is 5.73 Å². The number of pyridine rings is 1. The number of carbonyl (C=O) groups is 1. The van der Waals surface area contributed by atoms with E-state index in [0.717, 1.165) is 45.6 Å². The predicted molar refractivity (Wildman–Crippen MR) is 121 cm³/mol. The summed E-state index contributed by atoms with van der Waals surface area (Å²) in [4.78, 5) is 17.0. The summed E-state index contributed by atoms with van der Waals surface area (Å²) in [5, 5.41) is 12.9. The number of carbonyl (C=O) groups excluding carboxylic acids is 1. The number of nitrogens with zero attached hydrogens (tertiary/aromatic N) is 3. The number of fused-ring (bicyclic) bond motifs is 2. The van der Waals surface area contributed by atoms with Gasteiger partial charge in [0.25, 0.3) is 0 Å². The molecule has 4 rings (SSSR count). The van der Waals surface area contributed by atoms with Gasteiger partial charge in [0.2, 0.25) is 5.91 Å². The topological polar surface area (TPSA) is 84.7 Å². The Morgan fingerprint density at radius 3 is 2.80 bits per heavy atom. The third-order valence-corrected chi connectivity index (χ3v) is 5.25. The number of hydrogen-bond donors (Lipinski definition) is 1. The number of para-hydroxylation sites is 1. The Labute approximate surface area is 175 Å². The van der Waals surface area contributed by atoms with E-state index in [9.17, 15) is 10.1 Å². The van der Waals surface area contributed by atoms with Crippen LogP contribution in [0.15, 0.2) is 67.1 Å². The largest absolute Gasteiger partial charge is 0.330 e. The second kappa shape index (κ2) is 8.73. The third kappa shape index (κ3) is 3.73. The molecule has 148 valence electrons. The van der Waals surface area contributed by atoms with Crippen LogP contribution in [0, 0.1) is 11.3 Å². The fourth-order valence-electron chi connectivity index (χ4n) is 3.74. The van der Waals surface area contributed by atoms with Crippen molar-refractivity contribution < 1.29 is 4.79 Å². The van der Waals surface area contributed by atoms with Gasteiger partial charge in [0, 0.05) is 41.3 Å². The zero-order valence-electron chi connectivity index (χ0n) is 16.6. The standard InChI is InChI=1S/C25H22N4O/c26-12-4-3-10-25(30)29-17-23(22-8-1-2-9-24(22)29)20(15-27)14-18-6-5-7-19-16-28-13-11-21(18)19/h1-2,5-9,11,13-14,16-17H,3-4,10,12,26H2/b20-14+. The number of nitrogens with two attached hydrogens (primary N) is 1. The molecule has 5 nitrogen and oxygen atoms in total. The molecule has 0 atom stereocenters. The van der Waals surface area contributed by atoms with Crippen LogP contribution >= 0.6 is 0 Å². The monoisotopic (exact) mass is 394 g/mol. The average Bonchev–Trinajstić information content (AvgIpc) is 3.17. The van der Waals surface area contributed by atoms with Crippen LogP contribution in [-0.2, 0) is 0 Å². The van der Waals surface area contributed by atoms with Gasteiger partial charge >= 0.3 is 0 Å². The molecule has 0 saturated heterocycles. The Bertz CT molecular complexity index is 1290. The minimum Gasteiger partial charge on any atom is -0.330 e. The van der Waals surface area contributed by atoms with E-state index in [1.807, 2.05) is 60.8 Å². The molecule has 0 radical (unpaired) electrons. The van der Waals surface area contributed by atoms with Crippen molar-refractivity contribution in [2.45, 2.75) is 19.3 Å². The molecule has 30 heavy (non-hydrogen) atoms. The van der Waals surface area contributed by atoms with E-state index < -0.39 is 0 Å². The highest BCUT2D eigenvalue weighted by Crippen LogP contribution is 2.30. The number of benzene rings is 2. The molecule has 2 heterocycles. The Morgan fingerprint density at radius 1 is 1.10 bits per heavy atom. The molecule has 0 fully saturated rings. The minimum absolute atomic E-state index is 0.0134. The van der Waals surface area contributed by atoms with Gasteiger partial charge < -0.3 is 5.73 Å². The first-order valence-electron chi connectivity index (χ1n) is 10.0. The lowest BCUT2D eigenvalue weighted by Gasteiger charge is -2.03. The molecule has 0 aliphatic carbocycles. The van der Waals surface area contributed by atoms with Crippen LogP contribution in [0.3, 0.4) is 0 Å². The number of aromatic nitrogens is 2. The molecule has 4 aromatic rings. The summed E-state index contributed by atoms with van der Waals surface area (Å²) < 4.78 is 1.67. The maximum absolute atomic E-state index is 12.8. The van der Waals surface area contributed by atoms with Gasteiger partial charge in [0.1, 0.15) is 0 Å². The lowest BCUT2D eigenvalue weighted by atomic mass is 10.00. The van der Waals surface area contributed by atoms with Crippen molar-refractivity contribution in [2.75, 3.05) is 6.54 Å². The average molecular weight is 394 g/mol. The molecule has 2 N–H and O–H groups in total. The third-order valence-electron chi connectivity index (χ3n) is 5.25. The number of unbranched alkanes of at least 4 members (excludes halogenated alkanes) is 1. The van der Waals surface area contributed by atoms with Crippen molar-refractivity contribution in [3.8, 4) is 6.07 Å². The molecule has 2 aromatic heterocycles. The molecule has 2 aromatic carbocycles. The summed E-state index contributed by atoms with van der Waals surface area (Å²) in [6.07, 6.45) is 9.23. The highest BCUT2D eigenvalue weighted by Gasteiger charge is 2.16. The lowest BCUT2D eigenvalue weighted by molar-refractivity contribution is 0.0905. The second-order valence-corrected chi connectivity index (χ2v) is 7.18. The summed E-state index contributed by atoms with van der Waals surface area (Å²) in [6, 6.07) is 17.9. The lowest BCUT2D eigenvalue weighted by Crippen LogP contribution is -2.10. The fraction of sp³-hybridized carbons (Fsp3) is 0.160. The Hall–Kier alpha value is -3.75. The first-order valence-corrected chi connectivity index (χ1v) is 10.0. The highest BCUT2D eigenvalue weighted by molar-refractivity contribution is 6.06. The van der Waals surface area contributed by atoms with Crippen molar-refractivity contribution in [1.29, 1.82) is 5.26 Å². The highest BCUT2D eigenvalue weighted by atomic mass is 16.2. The van der Waals surface area contributed by atoms with Gasteiger partial charge in [-0.15, -0.1) is 0 Å². The van der Waals surface area contributed by atoms with Crippen molar-refractivity contribution in [1.82, 2.24) is 9.55 Å². The van der Waals surface area contributed by atoms with E-state index >= 15 is 0 Å². The zero-order chi connectivity index (χ0) is 20.9. The fourth-order valence-corrected chi connectivity index (χ4v) is 3.74. The Morgan fingerprint density at radius 2 is 1.97 bits per heavy atom. The van der Waals surface area contributed by atoms with E-state index in [1.54, 1.807) is 17.0 Å². The molecule has 5 heteroatoms. The second-order valence-electron chi connectivity index (χ2n) is 7.18. The number of hydrogen-bond acceptors (Lipinski definition) is 4. The first-order chi connectivity index (χ1) is 14.7. The molecule has 0 aliphatic heterocycles. The maximum atomic E-state index is 12.8. The minimum atomic E-state index is 0.0134. The van der Waals surface area contributed by atoms with Crippen LogP contribution in [0.4, 0.5) is 0 Å². The van der Waals surface area contributed by atoms with Gasteiger partial charge in [-0.2, -0.15) is 5.26 Å². The summed E-state index contributed by atoms with van der Waals surface area (Å²) >= 11 is 0. The number of nitriles is 1. The molecule has 0 aliphatic rings. The summed E-state index contributed by atoms with van der Waals surface area (Å²) in [5.74, 6) is 0.0134. The van der Waals surface area contributed by atoms with Gasteiger partial charge in [-0.25, -0.2) is 0 Å². The van der Waals surface area contributed by atoms with Crippen LogP contribution in [0.5, 0.6) is 0 Å². The van der Waals surface area contributed by atoms with Crippen molar-refractivity contribution in [3.05, 3.63) is 78.2 Å². The molecule has 0 unspecified atom stereocenters. The van der Waals surface area contributed by atoms with Crippen LogP contribution in [0.2, 0.25) is 0 Å². The maximum Gasteiger partial charge on any atom is 0.231 e. The van der Waals surface area contributed by atoms with E-state index in [-0.39, 0.29) is 5.91 Å². The van der Waals surface area contributed by atoms with Crippen molar-refractivity contribution in [3.63, 3.8) is 0 Å². The normalized spacial score (nSPS) is 11.7. The Kier molecular flexibility index (Phi) is 5.69. The SMILES string of the molecule is N#C/C(=C\c1cccc2cnccc12)c1cn(C(=O)CCCCN)c2ccccc12. The van der Waals surface area contributed by atoms with E-state index in [1.165, 1.54) is 0 Å². The quantitative estimate of drug-likeness (QED) is 0.367. The van der Waals surface area contributed by atoms with E-state index in [4.69, 9.17) is 5.73 Å². The van der Waals surface area contributed by atoms with Gasteiger partial charge in [0.15, 0.2) is 0 Å². The molecular formula is C25H22N4O. The molecule has 0 spiro atoms. The number of rotatable bonds is 6. The smallest absolute Gasteiger partial charge is 0.231 e. The molecule has 0 saturated carbocycles. The van der Waals surface area contributed by atoms with Gasteiger partial charge in [-0.3, -0.25) is 14.3 Å². The summed E-state index contributed by atoms with van der Waals surface area (Å²) in [7, 11) is 0. The van der Waals surface area contributed by atoms with Gasteiger partial charge in [0.05, 0.1) is 17.2 Å². The van der Waals surface area contributed by atoms with E-state index in [0.29, 0.717) is 18.5 Å². The van der Waals surface area contributed by atoms with Gasteiger partial charge in [-0.05, 0) is 48.5 Å². The zero-order valence-corrected chi connectivity index (χ0v) is 16.6. The van der Waals surface area contributed by atoms with E-state index in [2.05, 4.69) is 11.1 Å². The molecular weight excluding hydrogens is 372 g/mol. The number of allylic oxidation sites excluding steroid dienone is 1. The van der Waals surface area contributed by atoms with Crippen LogP contribution in [-0.4, -0.2) is 22.0 Å². The summed E-state index contributed by atoms with van der Waals surface area (Å²) in [5.41, 5.74) is 8.58.